The van der Waals surface area contributed by atoms with Crippen molar-refractivity contribution in [3.8, 4) is 5.75 Å². The third-order valence-corrected chi connectivity index (χ3v) is 3.72. The van der Waals surface area contributed by atoms with Gasteiger partial charge in [0.2, 0.25) is 10.0 Å². The Morgan fingerprint density at radius 3 is 2.71 bits per heavy atom. The number of anilines is 1. The van der Waals surface area contributed by atoms with Gasteiger partial charge >= 0.3 is 0 Å². The number of aliphatic hydroxyl groups excluding tert-OH is 1. The van der Waals surface area contributed by atoms with E-state index in [1.54, 1.807) is 13.0 Å². The Morgan fingerprint density at radius 1 is 1.53 bits per heavy atom. The molecular weight excluding hydrogens is 244 g/mol. The van der Waals surface area contributed by atoms with Crippen molar-refractivity contribution < 1.29 is 18.3 Å². The zero-order valence-corrected chi connectivity index (χ0v) is 10.5. The van der Waals surface area contributed by atoms with Gasteiger partial charge in [-0.15, -0.1) is 0 Å². The largest absolute Gasteiger partial charge is 0.495 e. The van der Waals surface area contributed by atoms with Gasteiger partial charge in [-0.2, -0.15) is 0 Å². The van der Waals surface area contributed by atoms with Crippen molar-refractivity contribution in [2.24, 2.45) is 0 Å². The van der Waals surface area contributed by atoms with Crippen molar-refractivity contribution >= 4 is 15.7 Å². The summed E-state index contributed by atoms with van der Waals surface area (Å²) in [5.41, 5.74) is 5.87. The topological polar surface area (TPSA) is 102 Å². The number of aliphatic hydroxyl groups is 1. The standard InChI is InChI=1S/C10H16N2O4S/c1-7(6-13)12-17(14,15)10-5-8(11)3-4-9(10)16-2/h3-5,7,12-13H,6,11H2,1-2H3/t7-/m1/s1. The number of rotatable bonds is 5. The Bertz CT molecular complexity index is 487. The number of benzene rings is 1. The average molecular weight is 260 g/mol. The van der Waals surface area contributed by atoms with E-state index in [1.807, 2.05) is 0 Å². The number of hydrogen-bond acceptors (Lipinski definition) is 5. The molecule has 0 aromatic heterocycles. The molecule has 1 aromatic rings. The molecule has 0 amide bonds. The van der Waals surface area contributed by atoms with Gasteiger partial charge in [0.15, 0.2) is 0 Å². The Balaban J connectivity index is 3.18. The molecular formula is C10H16N2O4S. The van der Waals surface area contributed by atoms with Crippen molar-refractivity contribution in [2.45, 2.75) is 17.9 Å². The molecule has 0 saturated carbocycles. The number of nitrogens with two attached hydrogens (primary N) is 1. The molecule has 0 heterocycles. The smallest absolute Gasteiger partial charge is 0.244 e. The van der Waals surface area contributed by atoms with Gasteiger partial charge in [0.1, 0.15) is 10.6 Å². The molecule has 17 heavy (non-hydrogen) atoms. The number of nitrogen functional groups attached to an aromatic ring is 1. The normalized spacial score (nSPS) is 13.4. The van der Waals surface area contributed by atoms with E-state index >= 15 is 0 Å². The minimum Gasteiger partial charge on any atom is -0.495 e. The second-order valence-corrected chi connectivity index (χ2v) is 5.30. The fraction of sp³-hybridized carbons (Fsp3) is 0.400. The van der Waals surface area contributed by atoms with E-state index in [9.17, 15) is 8.42 Å². The van der Waals surface area contributed by atoms with Crippen molar-refractivity contribution in [3.05, 3.63) is 18.2 Å². The second-order valence-electron chi connectivity index (χ2n) is 3.62. The molecule has 7 heteroatoms. The third-order valence-electron chi connectivity index (χ3n) is 2.11. The monoisotopic (exact) mass is 260 g/mol. The predicted molar refractivity (Wildman–Crippen MR) is 64.3 cm³/mol. The summed E-state index contributed by atoms with van der Waals surface area (Å²) in [6.45, 7) is 1.26. The minimum absolute atomic E-state index is 0.0414. The SMILES string of the molecule is COc1ccc(N)cc1S(=O)(=O)N[C@H](C)CO. The average Bonchev–Trinajstić information content (AvgIpc) is 2.28. The van der Waals surface area contributed by atoms with E-state index in [0.717, 1.165) is 0 Å². The van der Waals surface area contributed by atoms with Crippen LogP contribution in [-0.4, -0.2) is 33.3 Å². The number of ether oxygens (including phenoxy) is 1. The lowest BCUT2D eigenvalue weighted by Gasteiger charge is -2.14. The molecule has 4 N–H and O–H groups in total. The first-order valence-corrected chi connectivity index (χ1v) is 6.45. The Kier molecular flexibility index (Phi) is 4.33. The Hall–Kier alpha value is -1.31. The summed E-state index contributed by atoms with van der Waals surface area (Å²) in [5, 5.41) is 8.84. The maximum atomic E-state index is 12.0. The summed E-state index contributed by atoms with van der Waals surface area (Å²) >= 11 is 0. The zero-order chi connectivity index (χ0) is 13.1. The van der Waals surface area contributed by atoms with E-state index in [2.05, 4.69) is 4.72 Å². The van der Waals surface area contributed by atoms with Gasteiger partial charge in [0.25, 0.3) is 0 Å². The summed E-state index contributed by atoms with van der Waals surface area (Å²) < 4.78 is 31.2. The molecule has 0 saturated heterocycles. The van der Waals surface area contributed by atoms with Crippen molar-refractivity contribution in [1.82, 2.24) is 4.72 Å². The first-order chi connectivity index (χ1) is 7.90. The summed E-state index contributed by atoms with van der Waals surface area (Å²) in [7, 11) is -2.38. The lowest BCUT2D eigenvalue weighted by Crippen LogP contribution is -2.35. The highest BCUT2D eigenvalue weighted by atomic mass is 32.2. The minimum atomic E-state index is -3.75. The van der Waals surface area contributed by atoms with Crippen LogP contribution in [0.1, 0.15) is 6.92 Å². The van der Waals surface area contributed by atoms with Crippen molar-refractivity contribution in [2.75, 3.05) is 19.5 Å². The number of methoxy groups -OCH3 is 1. The fourth-order valence-corrected chi connectivity index (χ4v) is 2.71. The zero-order valence-electron chi connectivity index (χ0n) is 9.67. The fourth-order valence-electron chi connectivity index (χ4n) is 1.27. The van der Waals surface area contributed by atoms with E-state index in [0.29, 0.717) is 5.69 Å². The Labute approximate surface area is 100 Å². The van der Waals surface area contributed by atoms with Crippen LogP contribution >= 0.6 is 0 Å². The van der Waals surface area contributed by atoms with Crippen LogP contribution in [0.4, 0.5) is 5.69 Å². The second kappa shape index (κ2) is 5.35. The van der Waals surface area contributed by atoms with Crippen LogP contribution in [0.2, 0.25) is 0 Å². The van der Waals surface area contributed by atoms with Crippen molar-refractivity contribution in [1.29, 1.82) is 0 Å². The van der Waals surface area contributed by atoms with Gasteiger partial charge in [-0.25, -0.2) is 13.1 Å². The molecule has 0 fully saturated rings. The maximum Gasteiger partial charge on any atom is 0.244 e. The van der Waals surface area contributed by atoms with E-state index in [1.165, 1.54) is 19.2 Å². The van der Waals surface area contributed by atoms with E-state index in [-0.39, 0.29) is 17.3 Å². The van der Waals surface area contributed by atoms with Crippen LogP contribution in [0.25, 0.3) is 0 Å². The maximum absolute atomic E-state index is 12.0. The molecule has 0 aliphatic carbocycles. The number of hydrogen-bond donors (Lipinski definition) is 3. The van der Waals surface area contributed by atoms with Gasteiger partial charge in [0.05, 0.1) is 13.7 Å². The summed E-state index contributed by atoms with van der Waals surface area (Å²) in [6, 6.07) is 3.76. The van der Waals surface area contributed by atoms with Gasteiger partial charge in [-0.3, -0.25) is 0 Å². The van der Waals surface area contributed by atoms with Crippen molar-refractivity contribution in [3.63, 3.8) is 0 Å². The highest BCUT2D eigenvalue weighted by Gasteiger charge is 2.21. The van der Waals surface area contributed by atoms with Gasteiger partial charge in [-0.05, 0) is 25.1 Å². The molecule has 0 aliphatic rings. The Morgan fingerprint density at radius 2 is 2.18 bits per heavy atom. The number of sulfonamides is 1. The van der Waals surface area contributed by atoms with Crippen LogP contribution in [0, 0.1) is 0 Å². The summed E-state index contributed by atoms with van der Waals surface area (Å²) in [4.78, 5) is -0.0414. The lowest BCUT2D eigenvalue weighted by atomic mass is 10.3. The third kappa shape index (κ3) is 3.32. The molecule has 1 atom stereocenters. The highest BCUT2D eigenvalue weighted by molar-refractivity contribution is 7.89. The van der Waals surface area contributed by atoms with Crippen LogP contribution < -0.4 is 15.2 Å². The molecule has 6 nitrogen and oxygen atoms in total. The predicted octanol–water partition coefficient (Wildman–Crippen LogP) is -0.0635. The van der Waals surface area contributed by atoms with E-state index < -0.39 is 16.1 Å². The van der Waals surface area contributed by atoms with E-state index in [4.69, 9.17) is 15.6 Å². The molecule has 96 valence electrons. The summed E-state index contributed by atoms with van der Waals surface area (Å²) in [6.07, 6.45) is 0. The molecule has 0 radical (unpaired) electrons. The molecule has 0 spiro atoms. The molecule has 1 aromatic carbocycles. The molecule has 1 rings (SSSR count). The van der Waals surface area contributed by atoms with Crippen LogP contribution in [0.3, 0.4) is 0 Å². The quantitative estimate of drug-likeness (QED) is 0.644. The van der Waals surface area contributed by atoms with Crippen LogP contribution in [-0.2, 0) is 10.0 Å². The van der Waals surface area contributed by atoms with Crippen LogP contribution in [0.15, 0.2) is 23.1 Å². The number of nitrogens with one attached hydrogen (secondary N) is 1. The lowest BCUT2D eigenvalue weighted by molar-refractivity contribution is 0.265. The van der Waals surface area contributed by atoms with Crippen LogP contribution in [0.5, 0.6) is 5.75 Å². The van der Waals surface area contributed by atoms with Gasteiger partial charge in [0, 0.05) is 11.7 Å². The van der Waals surface area contributed by atoms with Gasteiger partial charge in [-0.1, -0.05) is 0 Å². The molecule has 0 bridgehead atoms. The molecule has 0 aliphatic heterocycles. The summed E-state index contributed by atoms with van der Waals surface area (Å²) in [5.74, 6) is 0.205. The molecule has 0 unspecified atom stereocenters. The first kappa shape index (κ1) is 13.8. The first-order valence-electron chi connectivity index (χ1n) is 4.97. The van der Waals surface area contributed by atoms with Gasteiger partial charge < -0.3 is 15.6 Å². The highest BCUT2D eigenvalue weighted by Crippen LogP contribution is 2.25.